The molecule has 0 spiro atoms. The summed E-state index contributed by atoms with van der Waals surface area (Å²) in [6, 6.07) is 11.7. The number of anilines is 1. The maximum Gasteiger partial charge on any atom is 0.249 e. The molecule has 2 aromatic rings. The number of hydrogen-bond acceptors (Lipinski definition) is 2. The smallest absolute Gasteiger partial charge is 0.249 e. The van der Waals surface area contributed by atoms with E-state index in [1.165, 1.54) is 11.1 Å². The van der Waals surface area contributed by atoms with Gasteiger partial charge in [0, 0.05) is 6.07 Å². The van der Waals surface area contributed by atoms with Crippen molar-refractivity contribution in [3.63, 3.8) is 0 Å². The fourth-order valence-corrected chi connectivity index (χ4v) is 1.94. The van der Waals surface area contributed by atoms with Gasteiger partial charge in [-0.25, -0.2) is 0 Å². The molecular formula is C14H16N2O. The number of nitrogens with one attached hydrogen (secondary N) is 1. The lowest BCUT2D eigenvalue weighted by Crippen LogP contribution is -2.09. The lowest BCUT2D eigenvalue weighted by Gasteiger charge is -2.05. The van der Waals surface area contributed by atoms with Crippen molar-refractivity contribution in [2.45, 2.75) is 19.8 Å². The lowest BCUT2D eigenvalue weighted by molar-refractivity contribution is 0.942. The van der Waals surface area contributed by atoms with Crippen LogP contribution in [0, 0.1) is 6.92 Å². The highest BCUT2D eigenvalue weighted by Gasteiger charge is 2.00. The van der Waals surface area contributed by atoms with Gasteiger partial charge in [0.05, 0.1) is 0 Å². The highest BCUT2D eigenvalue weighted by Crippen LogP contribution is 2.11. The Hall–Kier alpha value is -2.03. The summed E-state index contributed by atoms with van der Waals surface area (Å²) in [7, 11) is 0. The normalized spacial score (nSPS) is 10.4. The maximum absolute atomic E-state index is 11.3. The van der Waals surface area contributed by atoms with Crippen LogP contribution in [0.2, 0.25) is 0 Å². The molecule has 88 valence electrons. The summed E-state index contributed by atoms with van der Waals surface area (Å²) in [6.07, 6.45) is 1.76. The molecule has 0 radical (unpaired) electrons. The quantitative estimate of drug-likeness (QED) is 0.844. The van der Waals surface area contributed by atoms with Gasteiger partial charge in [-0.2, -0.15) is 0 Å². The molecular weight excluding hydrogens is 212 g/mol. The molecule has 0 aliphatic carbocycles. The van der Waals surface area contributed by atoms with Gasteiger partial charge in [-0.3, -0.25) is 4.79 Å². The van der Waals surface area contributed by atoms with E-state index >= 15 is 0 Å². The summed E-state index contributed by atoms with van der Waals surface area (Å²) >= 11 is 0. The first-order valence-electron chi connectivity index (χ1n) is 5.68. The van der Waals surface area contributed by atoms with Crippen molar-refractivity contribution in [3.05, 3.63) is 63.4 Å². The van der Waals surface area contributed by atoms with Crippen molar-refractivity contribution >= 4 is 5.82 Å². The largest absolute Gasteiger partial charge is 0.385 e. The predicted octanol–water partition coefficient (Wildman–Crippen LogP) is 2.05. The van der Waals surface area contributed by atoms with Crippen LogP contribution in [0.25, 0.3) is 0 Å². The molecule has 0 unspecified atom stereocenters. The summed E-state index contributed by atoms with van der Waals surface area (Å²) < 4.78 is 0. The van der Waals surface area contributed by atoms with E-state index in [-0.39, 0.29) is 5.56 Å². The molecule has 0 saturated heterocycles. The molecule has 2 rings (SSSR count). The summed E-state index contributed by atoms with van der Waals surface area (Å²) in [5.74, 6) is 0.428. The number of nitrogens with two attached hydrogens (primary N) is 1. The van der Waals surface area contributed by atoms with Gasteiger partial charge in [-0.05, 0) is 42.5 Å². The molecule has 0 atom stereocenters. The molecule has 0 aliphatic rings. The van der Waals surface area contributed by atoms with Crippen molar-refractivity contribution in [3.8, 4) is 0 Å². The van der Waals surface area contributed by atoms with Crippen LogP contribution in [0.5, 0.6) is 0 Å². The Labute approximate surface area is 100 Å². The Kier molecular flexibility index (Phi) is 3.28. The second-order valence-corrected chi connectivity index (χ2v) is 4.23. The molecule has 0 aliphatic heterocycles. The van der Waals surface area contributed by atoms with Crippen molar-refractivity contribution in [1.29, 1.82) is 0 Å². The Bertz CT molecular complexity index is 572. The van der Waals surface area contributed by atoms with Crippen LogP contribution in [-0.4, -0.2) is 4.98 Å². The van der Waals surface area contributed by atoms with E-state index in [1.807, 2.05) is 18.2 Å². The van der Waals surface area contributed by atoms with Gasteiger partial charge in [0.1, 0.15) is 5.82 Å². The third-order valence-electron chi connectivity index (χ3n) is 2.87. The van der Waals surface area contributed by atoms with Crippen molar-refractivity contribution in [1.82, 2.24) is 4.98 Å². The number of aryl methyl sites for hydroxylation is 3. The minimum atomic E-state index is -0.134. The second kappa shape index (κ2) is 4.87. The van der Waals surface area contributed by atoms with E-state index in [0.29, 0.717) is 5.82 Å². The van der Waals surface area contributed by atoms with Gasteiger partial charge in [-0.15, -0.1) is 0 Å². The zero-order chi connectivity index (χ0) is 12.3. The van der Waals surface area contributed by atoms with Gasteiger partial charge in [0.2, 0.25) is 5.56 Å². The average molecular weight is 228 g/mol. The number of aromatic amines is 1. The van der Waals surface area contributed by atoms with Crippen molar-refractivity contribution in [2.24, 2.45) is 0 Å². The first-order chi connectivity index (χ1) is 8.15. The fraction of sp³-hybridized carbons (Fsp3) is 0.214. The topological polar surface area (TPSA) is 58.9 Å². The van der Waals surface area contributed by atoms with Gasteiger partial charge in [0.15, 0.2) is 0 Å². The molecule has 1 aromatic carbocycles. The molecule has 1 aromatic heterocycles. The molecule has 3 N–H and O–H groups in total. The number of pyridine rings is 1. The third-order valence-corrected chi connectivity index (χ3v) is 2.87. The van der Waals surface area contributed by atoms with Crippen molar-refractivity contribution < 1.29 is 0 Å². The van der Waals surface area contributed by atoms with Crippen molar-refractivity contribution in [2.75, 3.05) is 5.73 Å². The second-order valence-electron chi connectivity index (χ2n) is 4.23. The zero-order valence-corrected chi connectivity index (χ0v) is 9.86. The number of hydrogen-bond donors (Lipinski definition) is 2. The number of benzene rings is 1. The van der Waals surface area contributed by atoms with Crippen LogP contribution in [-0.2, 0) is 12.8 Å². The molecule has 0 saturated carbocycles. The first kappa shape index (κ1) is 11.5. The standard InChI is InChI=1S/C14H16N2O/c1-10-4-2-3-5-12(10)7-6-11-8-13(15)16-14(17)9-11/h2-5,8-9H,6-7H2,1H3,(H3,15,16,17). The Balaban J connectivity index is 2.13. The van der Waals surface area contributed by atoms with E-state index in [4.69, 9.17) is 5.73 Å². The Morgan fingerprint density at radius 3 is 2.65 bits per heavy atom. The third kappa shape index (κ3) is 2.97. The maximum atomic E-state index is 11.3. The molecule has 0 amide bonds. The molecule has 3 nitrogen and oxygen atoms in total. The van der Waals surface area contributed by atoms with Gasteiger partial charge in [0.25, 0.3) is 0 Å². The number of H-pyrrole nitrogens is 1. The lowest BCUT2D eigenvalue weighted by atomic mass is 10.0. The minimum absolute atomic E-state index is 0.134. The van der Waals surface area contributed by atoms with Crippen LogP contribution >= 0.6 is 0 Å². The predicted molar refractivity (Wildman–Crippen MR) is 70.1 cm³/mol. The average Bonchev–Trinajstić information content (AvgIpc) is 2.27. The zero-order valence-electron chi connectivity index (χ0n) is 9.86. The van der Waals surface area contributed by atoms with E-state index in [2.05, 4.69) is 24.0 Å². The van der Waals surface area contributed by atoms with Crippen LogP contribution < -0.4 is 11.3 Å². The summed E-state index contributed by atoms with van der Waals surface area (Å²) in [5, 5.41) is 0. The molecule has 0 fully saturated rings. The fourth-order valence-electron chi connectivity index (χ4n) is 1.94. The SMILES string of the molecule is Cc1ccccc1CCc1cc(N)[nH]c(=O)c1. The van der Waals surface area contributed by atoms with Crippen LogP contribution in [0.1, 0.15) is 16.7 Å². The number of nitrogen functional groups attached to an aromatic ring is 1. The van der Waals surface area contributed by atoms with Gasteiger partial charge in [-0.1, -0.05) is 24.3 Å². The van der Waals surface area contributed by atoms with E-state index in [1.54, 1.807) is 6.07 Å². The summed E-state index contributed by atoms with van der Waals surface area (Å²) in [5.41, 5.74) is 9.04. The highest BCUT2D eigenvalue weighted by atomic mass is 16.1. The molecule has 17 heavy (non-hydrogen) atoms. The van der Waals surface area contributed by atoms with Crippen LogP contribution in [0.4, 0.5) is 5.82 Å². The Morgan fingerprint density at radius 2 is 1.94 bits per heavy atom. The highest BCUT2D eigenvalue weighted by molar-refractivity contribution is 5.33. The number of aromatic nitrogens is 1. The Morgan fingerprint density at radius 1 is 1.18 bits per heavy atom. The van der Waals surface area contributed by atoms with E-state index < -0.39 is 0 Å². The van der Waals surface area contributed by atoms with E-state index in [9.17, 15) is 4.79 Å². The molecule has 0 bridgehead atoms. The minimum Gasteiger partial charge on any atom is -0.385 e. The van der Waals surface area contributed by atoms with Crippen LogP contribution in [0.15, 0.2) is 41.2 Å². The number of rotatable bonds is 3. The summed E-state index contributed by atoms with van der Waals surface area (Å²) in [4.78, 5) is 13.8. The van der Waals surface area contributed by atoms with Gasteiger partial charge >= 0.3 is 0 Å². The monoisotopic (exact) mass is 228 g/mol. The van der Waals surface area contributed by atoms with Gasteiger partial charge < -0.3 is 10.7 Å². The summed E-state index contributed by atoms with van der Waals surface area (Å²) in [6.45, 7) is 2.10. The van der Waals surface area contributed by atoms with E-state index in [0.717, 1.165) is 18.4 Å². The molecule has 3 heteroatoms. The molecule has 1 heterocycles. The first-order valence-corrected chi connectivity index (χ1v) is 5.68. The van der Waals surface area contributed by atoms with Crippen LogP contribution in [0.3, 0.4) is 0 Å².